The molecule has 0 unspecified atom stereocenters. The lowest BCUT2D eigenvalue weighted by Gasteiger charge is -2.09. The van der Waals surface area contributed by atoms with Gasteiger partial charge in [-0.3, -0.25) is 20.4 Å². The molecule has 0 aliphatic carbocycles. The molecule has 0 saturated heterocycles. The first-order valence-electron chi connectivity index (χ1n) is 7.14. The second kappa shape index (κ2) is 10.6. The topological polar surface area (TPSA) is 85.9 Å². The number of hydrazine groups is 1. The van der Waals surface area contributed by atoms with Crippen molar-refractivity contribution in [1.82, 2.24) is 10.9 Å². The fraction of sp³-hybridized carbons (Fsp3) is 0.467. The van der Waals surface area contributed by atoms with E-state index in [0.29, 0.717) is 37.7 Å². The van der Waals surface area contributed by atoms with Gasteiger partial charge in [0.25, 0.3) is 11.8 Å². The van der Waals surface area contributed by atoms with Gasteiger partial charge in [-0.1, -0.05) is 6.07 Å². The van der Waals surface area contributed by atoms with Gasteiger partial charge in [0.2, 0.25) is 0 Å². The minimum Gasteiger partial charge on any atom is -0.491 e. The standard InChI is InChI=1S/C15H22N2O5/c1-3-20-8-9-22-13-7-5-6-12(10-13)15(19)17-16-14(18)11-21-4-2/h5-7,10H,3-4,8-9,11H2,1-2H3,(H,16,18)(H,17,19). The molecule has 0 fully saturated rings. The lowest BCUT2D eigenvalue weighted by Crippen LogP contribution is -2.43. The highest BCUT2D eigenvalue weighted by Crippen LogP contribution is 2.13. The van der Waals surface area contributed by atoms with Gasteiger partial charge in [-0.05, 0) is 32.0 Å². The van der Waals surface area contributed by atoms with E-state index in [9.17, 15) is 9.59 Å². The molecular weight excluding hydrogens is 288 g/mol. The van der Waals surface area contributed by atoms with Crippen LogP contribution in [0, 0.1) is 0 Å². The summed E-state index contributed by atoms with van der Waals surface area (Å²) in [6.45, 7) is 5.55. The summed E-state index contributed by atoms with van der Waals surface area (Å²) < 4.78 is 15.6. The molecule has 1 aromatic carbocycles. The highest BCUT2D eigenvalue weighted by atomic mass is 16.5. The van der Waals surface area contributed by atoms with E-state index >= 15 is 0 Å². The van der Waals surface area contributed by atoms with Crippen molar-refractivity contribution in [3.63, 3.8) is 0 Å². The molecule has 0 radical (unpaired) electrons. The zero-order chi connectivity index (χ0) is 16.2. The van der Waals surface area contributed by atoms with Crippen molar-refractivity contribution in [2.24, 2.45) is 0 Å². The van der Waals surface area contributed by atoms with Crippen LogP contribution in [0.15, 0.2) is 24.3 Å². The number of carbonyl (C=O) groups excluding carboxylic acids is 2. The molecule has 0 spiro atoms. The predicted molar refractivity (Wildman–Crippen MR) is 80.5 cm³/mol. The third-order valence-electron chi connectivity index (χ3n) is 2.55. The lowest BCUT2D eigenvalue weighted by molar-refractivity contribution is -0.126. The summed E-state index contributed by atoms with van der Waals surface area (Å²) in [6, 6.07) is 6.67. The van der Waals surface area contributed by atoms with E-state index in [0.717, 1.165) is 0 Å². The Morgan fingerprint density at radius 2 is 1.82 bits per heavy atom. The summed E-state index contributed by atoms with van der Waals surface area (Å²) >= 11 is 0. The summed E-state index contributed by atoms with van der Waals surface area (Å²) in [5, 5.41) is 0. The number of rotatable bonds is 9. The average Bonchev–Trinajstić information content (AvgIpc) is 2.55. The number of hydrogen-bond donors (Lipinski definition) is 2. The number of benzene rings is 1. The number of nitrogens with one attached hydrogen (secondary N) is 2. The Bertz CT molecular complexity index is 479. The fourth-order valence-electron chi connectivity index (χ4n) is 1.52. The second-order valence-electron chi connectivity index (χ2n) is 4.21. The highest BCUT2D eigenvalue weighted by molar-refractivity contribution is 5.95. The van der Waals surface area contributed by atoms with Gasteiger partial charge in [0.15, 0.2) is 0 Å². The molecule has 0 aliphatic heterocycles. The third-order valence-corrected chi connectivity index (χ3v) is 2.55. The molecule has 0 atom stereocenters. The molecule has 22 heavy (non-hydrogen) atoms. The molecule has 0 heterocycles. The van der Waals surface area contributed by atoms with E-state index in [1.807, 2.05) is 6.92 Å². The van der Waals surface area contributed by atoms with Crippen LogP contribution in [0.25, 0.3) is 0 Å². The van der Waals surface area contributed by atoms with Gasteiger partial charge >= 0.3 is 0 Å². The molecule has 0 saturated carbocycles. The van der Waals surface area contributed by atoms with Crippen molar-refractivity contribution in [2.45, 2.75) is 13.8 Å². The molecular formula is C15H22N2O5. The maximum Gasteiger partial charge on any atom is 0.269 e. The van der Waals surface area contributed by atoms with E-state index in [1.165, 1.54) is 0 Å². The van der Waals surface area contributed by atoms with Crippen LogP contribution in [0.4, 0.5) is 0 Å². The monoisotopic (exact) mass is 310 g/mol. The molecule has 2 N–H and O–H groups in total. The Balaban J connectivity index is 2.43. The second-order valence-corrected chi connectivity index (χ2v) is 4.21. The van der Waals surface area contributed by atoms with Gasteiger partial charge in [0, 0.05) is 18.8 Å². The van der Waals surface area contributed by atoms with E-state index in [-0.39, 0.29) is 6.61 Å². The third kappa shape index (κ3) is 7.05. The summed E-state index contributed by atoms with van der Waals surface area (Å²) in [6.07, 6.45) is 0. The number of carbonyl (C=O) groups is 2. The Morgan fingerprint density at radius 3 is 2.55 bits per heavy atom. The molecule has 0 aromatic heterocycles. The van der Waals surface area contributed by atoms with Crippen molar-refractivity contribution in [2.75, 3.05) is 33.0 Å². The summed E-state index contributed by atoms with van der Waals surface area (Å²) in [7, 11) is 0. The molecule has 7 nitrogen and oxygen atoms in total. The van der Waals surface area contributed by atoms with Gasteiger partial charge in [-0.15, -0.1) is 0 Å². The lowest BCUT2D eigenvalue weighted by atomic mass is 10.2. The van der Waals surface area contributed by atoms with Crippen molar-refractivity contribution in [3.05, 3.63) is 29.8 Å². The molecule has 0 bridgehead atoms. The van der Waals surface area contributed by atoms with Gasteiger partial charge in [0.05, 0.1) is 6.61 Å². The molecule has 122 valence electrons. The van der Waals surface area contributed by atoms with Crippen molar-refractivity contribution in [1.29, 1.82) is 0 Å². The zero-order valence-corrected chi connectivity index (χ0v) is 12.9. The van der Waals surface area contributed by atoms with E-state index in [1.54, 1.807) is 31.2 Å². The fourth-order valence-corrected chi connectivity index (χ4v) is 1.52. The molecule has 2 amide bonds. The Hall–Kier alpha value is -2.12. The maximum absolute atomic E-state index is 11.9. The van der Waals surface area contributed by atoms with Gasteiger partial charge < -0.3 is 14.2 Å². The summed E-state index contributed by atoms with van der Waals surface area (Å²) in [4.78, 5) is 23.2. The van der Waals surface area contributed by atoms with Crippen LogP contribution in [0.1, 0.15) is 24.2 Å². The van der Waals surface area contributed by atoms with E-state index in [4.69, 9.17) is 14.2 Å². The van der Waals surface area contributed by atoms with Crippen molar-refractivity contribution in [3.8, 4) is 5.75 Å². The largest absolute Gasteiger partial charge is 0.491 e. The summed E-state index contributed by atoms with van der Waals surface area (Å²) in [5.74, 6) is -0.285. The zero-order valence-electron chi connectivity index (χ0n) is 12.9. The van der Waals surface area contributed by atoms with Crippen molar-refractivity contribution < 1.29 is 23.8 Å². The quantitative estimate of drug-likeness (QED) is 0.523. The van der Waals surface area contributed by atoms with Crippen LogP contribution in [-0.4, -0.2) is 44.8 Å². The average molecular weight is 310 g/mol. The van der Waals surface area contributed by atoms with E-state index < -0.39 is 11.8 Å². The maximum atomic E-state index is 11.9. The van der Waals surface area contributed by atoms with Crippen LogP contribution in [0.3, 0.4) is 0 Å². The minimum atomic E-state index is -0.430. The van der Waals surface area contributed by atoms with E-state index in [2.05, 4.69) is 10.9 Å². The molecule has 1 rings (SSSR count). The predicted octanol–water partition coefficient (Wildman–Crippen LogP) is 0.899. The van der Waals surface area contributed by atoms with Crippen LogP contribution in [0.2, 0.25) is 0 Å². The normalized spacial score (nSPS) is 10.1. The molecule has 7 heteroatoms. The SMILES string of the molecule is CCOCCOc1cccc(C(=O)NNC(=O)COCC)c1. The van der Waals surface area contributed by atoms with Crippen LogP contribution in [0.5, 0.6) is 5.75 Å². The smallest absolute Gasteiger partial charge is 0.269 e. The Kier molecular flexibility index (Phi) is 8.63. The van der Waals surface area contributed by atoms with Gasteiger partial charge in [0.1, 0.15) is 19.0 Å². The Labute approximate surface area is 129 Å². The van der Waals surface area contributed by atoms with Crippen LogP contribution < -0.4 is 15.6 Å². The molecule has 0 aliphatic rings. The highest BCUT2D eigenvalue weighted by Gasteiger charge is 2.08. The number of hydrogen-bond acceptors (Lipinski definition) is 5. The first-order chi connectivity index (χ1) is 10.7. The number of ether oxygens (including phenoxy) is 3. The van der Waals surface area contributed by atoms with Gasteiger partial charge in [-0.2, -0.15) is 0 Å². The Morgan fingerprint density at radius 1 is 1.05 bits per heavy atom. The number of amides is 2. The summed E-state index contributed by atoms with van der Waals surface area (Å²) in [5.41, 5.74) is 4.96. The van der Waals surface area contributed by atoms with Crippen LogP contribution in [-0.2, 0) is 14.3 Å². The van der Waals surface area contributed by atoms with Gasteiger partial charge in [-0.25, -0.2) is 0 Å². The van der Waals surface area contributed by atoms with Crippen LogP contribution >= 0.6 is 0 Å². The van der Waals surface area contributed by atoms with Crippen molar-refractivity contribution >= 4 is 11.8 Å². The first-order valence-corrected chi connectivity index (χ1v) is 7.14. The first kappa shape index (κ1) is 17.9. The molecule has 1 aromatic rings. The minimum absolute atomic E-state index is 0.0998.